The van der Waals surface area contributed by atoms with Crippen LogP contribution in [0.5, 0.6) is 5.75 Å². The summed E-state index contributed by atoms with van der Waals surface area (Å²) < 4.78 is 6.89. The molecule has 0 saturated heterocycles. The number of nitrogens with zero attached hydrogens (tertiary/aromatic N) is 2. The zero-order valence-corrected chi connectivity index (χ0v) is 19.7. The molecule has 0 saturated carbocycles. The van der Waals surface area contributed by atoms with Crippen LogP contribution in [0.2, 0.25) is 0 Å². The van der Waals surface area contributed by atoms with Crippen molar-refractivity contribution in [3.8, 4) is 5.75 Å². The normalized spacial score (nSPS) is 11.5. The molecule has 0 unspecified atom stereocenters. The van der Waals surface area contributed by atoms with Gasteiger partial charge in [-0.05, 0) is 35.6 Å². The van der Waals surface area contributed by atoms with Gasteiger partial charge in [0.25, 0.3) is 11.5 Å². The Balaban J connectivity index is 2.01. The Morgan fingerprint density at radius 2 is 1.78 bits per heavy atom. The molecule has 2 aromatic carbocycles. The van der Waals surface area contributed by atoms with Crippen LogP contribution in [0.4, 0.5) is 5.69 Å². The van der Waals surface area contributed by atoms with Crippen LogP contribution in [0, 0.1) is 0 Å². The van der Waals surface area contributed by atoms with Gasteiger partial charge in [-0.1, -0.05) is 71.2 Å². The average Bonchev–Trinajstić information content (AvgIpc) is 2.77. The largest absolute Gasteiger partial charge is 0.495 e. The average molecular weight is 436 g/mol. The predicted octanol–water partition coefficient (Wildman–Crippen LogP) is 5.54. The summed E-state index contributed by atoms with van der Waals surface area (Å²) in [7, 11) is 1.58. The van der Waals surface area contributed by atoms with Gasteiger partial charge in [0.05, 0.1) is 18.2 Å². The van der Waals surface area contributed by atoms with Crippen molar-refractivity contribution in [1.82, 2.24) is 9.78 Å². The van der Waals surface area contributed by atoms with E-state index in [-0.39, 0.29) is 22.6 Å². The summed E-state index contributed by atoms with van der Waals surface area (Å²) in [6.45, 7) is 8.98. The monoisotopic (exact) mass is 435 g/mol. The molecule has 1 aromatic heterocycles. The van der Waals surface area contributed by atoms with E-state index in [4.69, 9.17) is 4.74 Å². The van der Waals surface area contributed by atoms with Crippen LogP contribution in [0.25, 0.3) is 10.8 Å². The summed E-state index contributed by atoms with van der Waals surface area (Å²) in [4.78, 5) is 26.3. The zero-order valence-electron chi connectivity index (χ0n) is 19.7. The lowest BCUT2D eigenvalue weighted by atomic mass is 9.87. The van der Waals surface area contributed by atoms with Gasteiger partial charge in [0.2, 0.25) is 0 Å². The highest BCUT2D eigenvalue weighted by atomic mass is 16.5. The fraction of sp³-hybridized carbons (Fsp3) is 0.423. The van der Waals surface area contributed by atoms with Crippen LogP contribution >= 0.6 is 0 Å². The number of carbonyl (C=O) groups is 1. The van der Waals surface area contributed by atoms with Gasteiger partial charge in [-0.3, -0.25) is 9.59 Å². The molecule has 1 heterocycles. The molecular weight excluding hydrogens is 402 g/mol. The lowest BCUT2D eigenvalue weighted by molar-refractivity contribution is 0.102. The molecule has 0 aliphatic rings. The molecular formula is C26H33N3O3. The Kier molecular flexibility index (Phi) is 7.33. The maximum atomic E-state index is 13.4. The number of anilines is 1. The van der Waals surface area contributed by atoms with E-state index >= 15 is 0 Å². The quantitative estimate of drug-likeness (QED) is 0.472. The van der Waals surface area contributed by atoms with Gasteiger partial charge in [0.15, 0.2) is 5.69 Å². The standard InChI is InChI=1S/C26H33N3O3/c1-6-7-8-11-16-29-25(31)20-13-10-9-12-19(20)23(28-29)24(30)27-21-17-18(26(2,3)4)14-15-22(21)32-5/h9-10,12-15,17H,6-8,11,16H2,1-5H3,(H,27,30). The van der Waals surface area contributed by atoms with Crippen molar-refractivity contribution >= 4 is 22.4 Å². The van der Waals surface area contributed by atoms with E-state index in [9.17, 15) is 9.59 Å². The molecule has 3 aromatic rings. The second kappa shape index (κ2) is 9.98. The second-order valence-corrected chi connectivity index (χ2v) is 9.10. The second-order valence-electron chi connectivity index (χ2n) is 9.10. The van der Waals surface area contributed by atoms with E-state index < -0.39 is 0 Å². The van der Waals surface area contributed by atoms with Gasteiger partial charge in [-0.2, -0.15) is 5.10 Å². The van der Waals surface area contributed by atoms with E-state index in [0.717, 1.165) is 31.2 Å². The van der Waals surface area contributed by atoms with Crippen molar-refractivity contribution in [2.45, 2.75) is 65.3 Å². The number of rotatable bonds is 8. The third-order valence-corrected chi connectivity index (χ3v) is 5.62. The number of aromatic nitrogens is 2. The molecule has 0 spiro atoms. The molecule has 0 atom stereocenters. The van der Waals surface area contributed by atoms with Gasteiger partial charge >= 0.3 is 0 Å². The van der Waals surface area contributed by atoms with Crippen LogP contribution < -0.4 is 15.6 Å². The number of unbranched alkanes of at least 4 members (excludes halogenated alkanes) is 3. The number of amides is 1. The summed E-state index contributed by atoms with van der Waals surface area (Å²) >= 11 is 0. The van der Waals surface area contributed by atoms with Gasteiger partial charge in [-0.15, -0.1) is 0 Å². The van der Waals surface area contributed by atoms with Crippen molar-refractivity contribution in [3.05, 3.63) is 64.1 Å². The maximum Gasteiger partial charge on any atom is 0.276 e. The van der Waals surface area contributed by atoms with Crippen LogP contribution in [0.3, 0.4) is 0 Å². The first-order chi connectivity index (χ1) is 15.3. The number of hydrogen-bond acceptors (Lipinski definition) is 4. The molecule has 1 amide bonds. The lowest BCUT2D eigenvalue weighted by Crippen LogP contribution is -2.28. The SMILES string of the molecule is CCCCCCn1nc(C(=O)Nc2cc(C(C)(C)C)ccc2OC)c2ccccc2c1=O. The first-order valence-electron chi connectivity index (χ1n) is 11.3. The van der Waals surface area contributed by atoms with Gasteiger partial charge < -0.3 is 10.1 Å². The third kappa shape index (κ3) is 5.18. The summed E-state index contributed by atoms with van der Waals surface area (Å²) in [6.07, 6.45) is 4.10. The lowest BCUT2D eigenvalue weighted by Gasteiger charge is -2.21. The third-order valence-electron chi connectivity index (χ3n) is 5.62. The molecule has 0 aliphatic heterocycles. The summed E-state index contributed by atoms with van der Waals surface area (Å²) in [5.41, 5.74) is 1.64. The Morgan fingerprint density at radius 1 is 1.06 bits per heavy atom. The molecule has 3 rings (SSSR count). The number of hydrogen-bond donors (Lipinski definition) is 1. The van der Waals surface area contributed by atoms with E-state index in [1.807, 2.05) is 30.3 Å². The minimum Gasteiger partial charge on any atom is -0.495 e. The highest BCUT2D eigenvalue weighted by molar-refractivity contribution is 6.11. The zero-order chi connectivity index (χ0) is 23.3. The van der Waals surface area contributed by atoms with E-state index in [0.29, 0.717) is 28.8 Å². The molecule has 6 heteroatoms. The minimum absolute atomic E-state index is 0.0809. The Bertz CT molecular complexity index is 1160. The molecule has 0 bridgehead atoms. The van der Waals surface area contributed by atoms with Crippen LogP contribution in [-0.4, -0.2) is 22.8 Å². The Labute approximate surface area is 189 Å². The summed E-state index contributed by atoms with van der Waals surface area (Å²) in [5.74, 6) is 0.205. The van der Waals surface area contributed by atoms with Crippen LogP contribution in [0.1, 0.15) is 69.4 Å². The molecule has 6 nitrogen and oxygen atoms in total. The first kappa shape index (κ1) is 23.5. The fourth-order valence-corrected chi connectivity index (χ4v) is 3.70. The number of ether oxygens (including phenoxy) is 1. The fourth-order valence-electron chi connectivity index (χ4n) is 3.70. The number of nitrogens with one attached hydrogen (secondary N) is 1. The molecule has 32 heavy (non-hydrogen) atoms. The molecule has 170 valence electrons. The van der Waals surface area contributed by atoms with Gasteiger partial charge in [0.1, 0.15) is 5.75 Å². The Hall–Kier alpha value is -3.15. The number of benzene rings is 2. The van der Waals surface area contributed by atoms with Crippen molar-refractivity contribution in [1.29, 1.82) is 0 Å². The van der Waals surface area contributed by atoms with Crippen molar-refractivity contribution < 1.29 is 9.53 Å². The van der Waals surface area contributed by atoms with E-state index in [1.54, 1.807) is 19.2 Å². The molecule has 0 aliphatic carbocycles. The van der Waals surface area contributed by atoms with E-state index in [2.05, 4.69) is 38.1 Å². The highest BCUT2D eigenvalue weighted by Gasteiger charge is 2.20. The number of methoxy groups -OCH3 is 1. The van der Waals surface area contributed by atoms with Gasteiger partial charge in [-0.25, -0.2) is 4.68 Å². The smallest absolute Gasteiger partial charge is 0.276 e. The van der Waals surface area contributed by atoms with Crippen molar-refractivity contribution in [3.63, 3.8) is 0 Å². The van der Waals surface area contributed by atoms with Crippen LogP contribution in [-0.2, 0) is 12.0 Å². The first-order valence-corrected chi connectivity index (χ1v) is 11.3. The molecule has 0 radical (unpaired) electrons. The van der Waals surface area contributed by atoms with Crippen molar-refractivity contribution in [2.24, 2.45) is 0 Å². The number of fused-ring (bicyclic) bond motifs is 1. The van der Waals surface area contributed by atoms with Crippen molar-refractivity contribution in [2.75, 3.05) is 12.4 Å². The van der Waals surface area contributed by atoms with E-state index in [1.165, 1.54) is 4.68 Å². The number of carbonyl (C=O) groups excluding carboxylic acids is 1. The Morgan fingerprint density at radius 3 is 2.44 bits per heavy atom. The van der Waals surface area contributed by atoms with Crippen LogP contribution in [0.15, 0.2) is 47.3 Å². The minimum atomic E-state index is -0.368. The highest BCUT2D eigenvalue weighted by Crippen LogP contribution is 2.32. The predicted molar refractivity (Wildman–Crippen MR) is 130 cm³/mol. The summed E-state index contributed by atoms with van der Waals surface area (Å²) in [6, 6.07) is 12.9. The maximum absolute atomic E-state index is 13.4. The summed E-state index contributed by atoms with van der Waals surface area (Å²) in [5, 5.41) is 8.48. The molecule has 1 N–H and O–H groups in total. The van der Waals surface area contributed by atoms with Gasteiger partial charge in [0, 0.05) is 11.9 Å². The topological polar surface area (TPSA) is 73.2 Å². The molecule has 0 fully saturated rings. The number of aryl methyl sites for hydroxylation is 1.